The van der Waals surface area contributed by atoms with E-state index in [-0.39, 0.29) is 0 Å². The standard InChI is InChI=1S/C16H14N2O2/c19-16-18(12-14-9-5-2-6-10-14)17-15(20-16)11-13-7-3-1-4-8-13/h1-10H,11-12H2. The Morgan fingerprint density at radius 3 is 2.15 bits per heavy atom. The molecule has 0 unspecified atom stereocenters. The summed E-state index contributed by atoms with van der Waals surface area (Å²) >= 11 is 0. The second-order valence-corrected chi connectivity index (χ2v) is 4.57. The van der Waals surface area contributed by atoms with Crippen molar-refractivity contribution in [3.8, 4) is 0 Å². The molecule has 1 heterocycles. The Morgan fingerprint density at radius 1 is 0.900 bits per heavy atom. The molecule has 100 valence electrons. The van der Waals surface area contributed by atoms with Crippen molar-refractivity contribution in [1.82, 2.24) is 9.78 Å². The molecule has 0 aliphatic rings. The summed E-state index contributed by atoms with van der Waals surface area (Å²) in [7, 11) is 0. The molecule has 0 aliphatic carbocycles. The zero-order valence-corrected chi connectivity index (χ0v) is 10.9. The van der Waals surface area contributed by atoms with Gasteiger partial charge < -0.3 is 4.42 Å². The lowest BCUT2D eigenvalue weighted by Gasteiger charge is -1.98. The molecule has 1 aromatic heterocycles. The highest BCUT2D eigenvalue weighted by molar-refractivity contribution is 5.18. The van der Waals surface area contributed by atoms with Gasteiger partial charge in [-0.2, -0.15) is 4.68 Å². The Kier molecular flexibility index (Phi) is 3.46. The third-order valence-electron chi connectivity index (χ3n) is 3.02. The van der Waals surface area contributed by atoms with Crippen LogP contribution in [0.15, 0.2) is 69.9 Å². The molecule has 0 spiro atoms. The van der Waals surface area contributed by atoms with Gasteiger partial charge in [-0.3, -0.25) is 0 Å². The maximum atomic E-state index is 11.8. The van der Waals surface area contributed by atoms with Crippen molar-refractivity contribution in [2.24, 2.45) is 0 Å². The second kappa shape index (κ2) is 5.57. The number of aromatic nitrogens is 2. The van der Waals surface area contributed by atoms with Crippen molar-refractivity contribution in [2.45, 2.75) is 13.0 Å². The molecule has 0 saturated heterocycles. The summed E-state index contributed by atoms with van der Waals surface area (Å²) in [5.41, 5.74) is 2.09. The molecule has 2 aromatic carbocycles. The minimum atomic E-state index is -0.417. The molecule has 0 atom stereocenters. The Morgan fingerprint density at radius 2 is 1.50 bits per heavy atom. The van der Waals surface area contributed by atoms with Crippen LogP contribution in [0.25, 0.3) is 0 Å². The molecular weight excluding hydrogens is 252 g/mol. The van der Waals surface area contributed by atoms with E-state index < -0.39 is 5.76 Å². The topological polar surface area (TPSA) is 48.0 Å². The summed E-state index contributed by atoms with van der Waals surface area (Å²) in [4.78, 5) is 11.8. The summed E-state index contributed by atoms with van der Waals surface area (Å²) in [5, 5.41) is 4.24. The molecule has 20 heavy (non-hydrogen) atoms. The van der Waals surface area contributed by atoms with E-state index >= 15 is 0 Å². The molecule has 4 heteroatoms. The number of rotatable bonds is 4. The fraction of sp³-hybridized carbons (Fsp3) is 0.125. The first-order valence-electron chi connectivity index (χ1n) is 6.46. The van der Waals surface area contributed by atoms with Crippen LogP contribution in [0.4, 0.5) is 0 Å². The molecule has 0 fully saturated rings. The highest BCUT2D eigenvalue weighted by Gasteiger charge is 2.08. The fourth-order valence-electron chi connectivity index (χ4n) is 2.05. The Hall–Kier alpha value is -2.62. The average Bonchev–Trinajstić information content (AvgIpc) is 2.81. The normalized spacial score (nSPS) is 10.6. The van der Waals surface area contributed by atoms with Gasteiger partial charge in [0, 0.05) is 0 Å². The molecule has 0 aliphatic heterocycles. The fourth-order valence-corrected chi connectivity index (χ4v) is 2.05. The van der Waals surface area contributed by atoms with Gasteiger partial charge in [-0.25, -0.2) is 4.79 Å². The quantitative estimate of drug-likeness (QED) is 0.729. The van der Waals surface area contributed by atoms with Crippen LogP contribution >= 0.6 is 0 Å². The highest BCUT2D eigenvalue weighted by Crippen LogP contribution is 2.06. The van der Waals surface area contributed by atoms with Crippen LogP contribution in [0, 0.1) is 0 Å². The van der Waals surface area contributed by atoms with Gasteiger partial charge in [0.05, 0.1) is 13.0 Å². The molecule has 0 N–H and O–H groups in total. The molecule has 0 bridgehead atoms. The van der Waals surface area contributed by atoms with Crippen molar-refractivity contribution in [3.63, 3.8) is 0 Å². The third kappa shape index (κ3) is 2.85. The van der Waals surface area contributed by atoms with Crippen molar-refractivity contribution in [2.75, 3.05) is 0 Å². The molecule has 3 aromatic rings. The van der Waals surface area contributed by atoms with Crippen LogP contribution in [0.2, 0.25) is 0 Å². The van der Waals surface area contributed by atoms with E-state index in [0.717, 1.165) is 11.1 Å². The molecule has 0 amide bonds. The SMILES string of the molecule is O=c1oc(Cc2ccccc2)nn1Cc1ccccc1. The molecular formula is C16H14N2O2. The molecule has 0 radical (unpaired) electrons. The van der Waals surface area contributed by atoms with Crippen LogP contribution in [0.3, 0.4) is 0 Å². The number of hydrogen-bond donors (Lipinski definition) is 0. The minimum Gasteiger partial charge on any atom is -0.392 e. The van der Waals surface area contributed by atoms with E-state index in [1.54, 1.807) is 0 Å². The number of hydrogen-bond acceptors (Lipinski definition) is 3. The lowest BCUT2D eigenvalue weighted by atomic mass is 10.2. The van der Waals surface area contributed by atoms with Gasteiger partial charge >= 0.3 is 5.76 Å². The van der Waals surface area contributed by atoms with Crippen LogP contribution in [-0.4, -0.2) is 9.78 Å². The van der Waals surface area contributed by atoms with Crippen LogP contribution in [-0.2, 0) is 13.0 Å². The van der Waals surface area contributed by atoms with Gasteiger partial charge in [-0.1, -0.05) is 60.7 Å². The first-order chi connectivity index (χ1) is 9.81. The number of nitrogens with zero attached hydrogens (tertiary/aromatic N) is 2. The van der Waals surface area contributed by atoms with E-state index in [9.17, 15) is 4.79 Å². The minimum absolute atomic E-state index is 0.417. The molecule has 3 rings (SSSR count). The largest absolute Gasteiger partial charge is 0.437 e. The zero-order valence-electron chi connectivity index (χ0n) is 10.9. The van der Waals surface area contributed by atoms with Gasteiger partial charge in [0.25, 0.3) is 0 Å². The van der Waals surface area contributed by atoms with Crippen LogP contribution in [0.1, 0.15) is 17.0 Å². The van der Waals surface area contributed by atoms with Crippen LogP contribution in [0.5, 0.6) is 0 Å². The summed E-state index contributed by atoms with van der Waals surface area (Å²) < 4.78 is 6.54. The summed E-state index contributed by atoms with van der Waals surface area (Å²) in [6.07, 6.45) is 0.526. The van der Waals surface area contributed by atoms with Gasteiger partial charge in [0.1, 0.15) is 0 Å². The van der Waals surface area contributed by atoms with E-state index in [4.69, 9.17) is 4.42 Å². The maximum absolute atomic E-state index is 11.8. The Bertz CT molecular complexity index is 730. The third-order valence-corrected chi connectivity index (χ3v) is 3.02. The number of benzene rings is 2. The summed E-state index contributed by atoms with van der Waals surface area (Å²) in [6, 6.07) is 19.5. The summed E-state index contributed by atoms with van der Waals surface area (Å²) in [5.74, 6) is 0.0249. The Labute approximate surface area is 116 Å². The predicted octanol–water partition coefficient (Wildman–Crippen LogP) is 2.48. The van der Waals surface area contributed by atoms with Crippen molar-refractivity contribution in [3.05, 3.63) is 88.2 Å². The zero-order chi connectivity index (χ0) is 13.8. The molecule has 4 nitrogen and oxygen atoms in total. The van der Waals surface area contributed by atoms with Crippen molar-refractivity contribution >= 4 is 0 Å². The first kappa shape index (κ1) is 12.4. The van der Waals surface area contributed by atoms with E-state index in [2.05, 4.69) is 5.10 Å². The van der Waals surface area contributed by atoms with Crippen LogP contribution < -0.4 is 5.76 Å². The van der Waals surface area contributed by atoms with Gasteiger partial charge in [-0.05, 0) is 11.1 Å². The van der Waals surface area contributed by atoms with Gasteiger partial charge in [0.2, 0.25) is 5.89 Å². The van der Waals surface area contributed by atoms with Gasteiger partial charge in [-0.15, -0.1) is 5.10 Å². The lowest BCUT2D eigenvalue weighted by Crippen LogP contribution is -2.16. The lowest BCUT2D eigenvalue weighted by molar-refractivity contribution is 0.457. The average molecular weight is 266 g/mol. The van der Waals surface area contributed by atoms with E-state index in [1.165, 1.54) is 4.68 Å². The first-order valence-corrected chi connectivity index (χ1v) is 6.46. The summed E-state index contributed by atoms with van der Waals surface area (Å²) in [6.45, 7) is 0.429. The monoisotopic (exact) mass is 266 g/mol. The van der Waals surface area contributed by atoms with Crippen molar-refractivity contribution < 1.29 is 4.42 Å². The van der Waals surface area contributed by atoms with Crippen molar-refractivity contribution in [1.29, 1.82) is 0 Å². The second-order valence-electron chi connectivity index (χ2n) is 4.57. The maximum Gasteiger partial charge on any atom is 0.437 e. The smallest absolute Gasteiger partial charge is 0.392 e. The van der Waals surface area contributed by atoms with Gasteiger partial charge in [0.15, 0.2) is 0 Å². The van der Waals surface area contributed by atoms with E-state index in [0.29, 0.717) is 18.9 Å². The molecule has 0 saturated carbocycles. The predicted molar refractivity (Wildman–Crippen MR) is 75.6 cm³/mol. The van der Waals surface area contributed by atoms with E-state index in [1.807, 2.05) is 60.7 Å². The Balaban J connectivity index is 1.79. The highest BCUT2D eigenvalue weighted by atomic mass is 16.4.